The SMILES string of the molecule is CCCCCCCCCc1cc[c]c2c1CC2. The molecule has 1 aromatic rings. The molecule has 0 saturated carbocycles. The molecule has 0 bridgehead atoms. The van der Waals surface area contributed by atoms with Gasteiger partial charge in [0.25, 0.3) is 0 Å². The maximum absolute atomic E-state index is 3.35. The molecule has 0 aliphatic heterocycles. The van der Waals surface area contributed by atoms with Gasteiger partial charge in [0.1, 0.15) is 0 Å². The number of hydrogen-bond donors (Lipinski definition) is 0. The van der Waals surface area contributed by atoms with Gasteiger partial charge in [0.05, 0.1) is 0 Å². The fourth-order valence-electron chi connectivity index (χ4n) is 2.74. The van der Waals surface area contributed by atoms with Crippen molar-refractivity contribution in [3.05, 3.63) is 34.9 Å². The number of aryl methyl sites for hydroxylation is 2. The zero-order valence-corrected chi connectivity index (χ0v) is 11.2. The molecule has 2 rings (SSSR count). The van der Waals surface area contributed by atoms with E-state index in [2.05, 4.69) is 25.1 Å². The van der Waals surface area contributed by atoms with E-state index in [9.17, 15) is 0 Å². The second-order valence-corrected chi connectivity index (χ2v) is 5.33. The Kier molecular flexibility index (Phi) is 5.09. The van der Waals surface area contributed by atoms with Crippen LogP contribution in [0.1, 0.15) is 68.6 Å². The van der Waals surface area contributed by atoms with E-state index in [1.165, 1.54) is 69.8 Å². The Labute approximate surface area is 106 Å². The fraction of sp³-hybridized carbons (Fsp3) is 0.647. The molecule has 0 nitrogen and oxygen atoms in total. The van der Waals surface area contributed by atoms with E-state index in [-0.39, 0.29) is 0 Å². The summed E-state index contributed by atoms with van der Waals surface area (Å²) in [4.78, 5) is 0. The van der Waals surface area contributed by atoms with Crippen LogP contribution in [0.25, 0.3) is 0 Å². The summed E-state index contributed by atoms with van der Waals surface area (Å²) in [6.07, 6.45) is 13.7. The quantitative estimate of drug-likeness (QED) is 0.557. The highest BCUT2D eigenvalue weighted by Gasteiger charge is 2.15. The first-order valence-electron chi connectivity index (χ1n) is 7.43. The summed E-state index contributed by atoms with van der Waals surface area (Å²) in [5.74, 6) is 0. The average molecular weight is 229 g/mol. The van der Waals surface area contributed by atoms with E-state index >= 15 is 0 Å². The van der Waals surface area contributed by atoms with Crippen LogP contribution in [0.4, 0.5) is 0 Å². The first-order valence-corrected chi connectivity index (χ1v) is 7.43. The summed E-state index contributed by atoms with van der Waals surface area (Å²) in [6, 6.07) is 7.76. The van der Waals surface area contributed by atoms with E-state index in [0.717, 1.165) is 0 Å². The van der Waals surface area contributed by atoms with Crippen molar-refractivity contribution in [2.75, 3.05) is 0 Å². The number of fused-ring (bicyclic) bond motifs is 1. The summed E-state index contributed by atoms with van der Waals surface area (Å²) < 4.78 is 0. The van der Waals surface area contributed by atoms with Crippen molar-refractivity contribution >= 4 is 0 Å². The van der Waals surface area contributed by atoms with Crippen LogP contribution in [0, 0.1) is 6.07 Å². The predicted octanol–water partition coefficient (Wildman–Crippen LogP) is 4.88. The molecule has 0 heteroatoms. The van der Waals surface area contributed by atoms with Crippen LogP contribution in [0.2, 0.25) is 0 Å². The van der Waals surface area contributed by atoms with Crippen LogP contribution >= 0.6 is 0 Å². The van der Waals surface area contributed by atoms with Gasteiger partial charge in [0.15, 0.2) is 0 Å². The van der Waals surface area contributed by atoms with Gasteiger partial charge in [-0.15, -0.1) is 0 Å². The Bertz CT molecular complexity index is 338. The minimum absolute atomic E-state index is 1.26. The number of benzene rings is 1. The van der Waals surface area contributed by atoms with Crippen molar-refractivity contribution in [2.24, 2.45) is 0 Å². The molecule has 0 aromatic heterocycles. The molecule has 1 radical (unpaired) electrons. The van der Waals surface area contributed by atoms with Gasteiger partial charge in [0.2, 0.25) is 0 Å². The monoisotopic (exact) mass is 229 g/mol. The molecule has 0 atom stereocenters. The third-order valence-corrected chi connectivity index (χ3v) is 3.97. The lowest BCUT2D eigenvalue weighted by molar-refractivity contribution is 0.587. The van der Waals surface area contributed by atoms with E-state index in [1.54, 1.807) is 11.1 Å². The van der Waals surface area contributed by atoms with Crippen molar-refractivity contribution in [1.82, 2.24) is 0 Å². The third kappa shape index (κ3) is 3.59. The van der Waals surface area contributed by atoms with Gasteiger partial charge in [-0.25, -0.2) is 0 Å². The van der Waals surface area contributed by atoms with Crippen LogP contribution in [0.15, 0.2) is 12.1 Å². The molecule has 1 aliphatic rings. The van der Waals surface area contributed by atoms with Crippen molar-refractivity contribution in [3.63, 3.8) is 0 Å². The maximum Gasteiger partial charge on any atom is -0.0146 e. The highest BCUT2D eigenvalue weighted by molar-refractivity contribution is 5.41. The summed E-state index contributed by atoms with van der Waals surface area (Å²) in [5.41, 5.74) is 4.72. The minimum atomic E-state index is 1.26. The molecular formula is C17H25. The van der Waals surface area contributed by atoms with Crippen molar-refractivity contribution in [1.29, 1.82) is 0 Å². The second-order valence-electron chi connectivity index (χ2n) is 5.33. The lowest BCUT2D eigenvalue weighted by Gasteiger charge is -2.21. The normalized spacial score (nSPS) is 13.2. The Hall–Kier alpha value is -0.780. The molecule has 93 valence electrons. The van der Waals surface area contributed by atoms with Gasteiger partial charge in [-0.05, 0) is 48.4 Å². The first kappa shape index (κ1) is 12.7. The standard InChI is InChI=1S/C17H25/c1-2-3-4-5-6-7-8-10-15-11-9-12-16-13-14-17(15)16/h9,11H,2-8,10,13-14H2,1H3. The van der Waals surface area contributed by atoms with Gasteiger partial charge in [-0.2, -0.15) is 0 Å². The third-order valence-electron chi connectivity index (χ3n) is 3.97. The minimum Gasteiger partial charge on any atom is -0.0654 e. The Morgan fingerprint density at radius 1 is 1.00 bits per heavy atom. The van der Waals surface area contributed by atoms with E-state index in [4.69, 9.17) is 0 Å². The average Bonchev–Trinajstić information content (AvgIpc) is 2.30. The fourth-order valence-corrected chi connectivity index (χ4v) is 2.74. The highest BCUT2D eigenvalue weighted by atomic mass is 14.2. The molecule has 17 heavy (non-hydrogen) atoms. The summed E-state index contributed by atoms with van der Waals surface area (Å²) in [6.45, 7) is 2.28. The zero-order valence-electron chi connectivity index (χ0n) is 11.2. The molecular weight excluding hydrogens is 204 g/mol. The Morgan fingerprint density at radius 3 is 2.47 bits per heavy atom. The van der Waals surface area contributed by atoms with Crippen LogP contribution in [-0.2, 0) is 19.3 Å². The molecule has 0 heterocycles. The Balaban J connectivity index is 1.60. The van der Waals surface area contributed by atoms with E-state index in [1.807, 2.05) is 0 Å². The van der Waals surface area contributed by atoms with Gasteiger partial charge in [-0.3, -0.25) is 0 Å². The molecule has 0 N–H and O–H groups in total. The van der Waals surface area contributed by atoms with Crippen LogP contribution in [0.3, 0.4) is 0 Å². The summed E-state index contributed by atoms with van der Waals surface area (Å²) in [5, 5.41) is 0. The Morgan fingerprint density at radius 2 is 1.76 bits per heavy atom. The predicted molar refractivity (Wildman–Crippen MR) is 74.4 cm³/mol. The molecule has 1 aliphatic carbocycles. The van der Waals surface area contributed by atoms with Crippen LogP contribution in [-0.4, -0.2) is 0 Å². The number of unbranched alkanes of at least 4 members (excludes halogenated alkanes) is 6. The van der Waals surface area contributed by atoms with Crippen LogP contribution in [0.5, 0.6) is 0 Å². The molecule has 0 fully saturated rings. The van der Waals surface area contributed by atoms with Gasteiger partial charge in [-0.1, -0.05) is 57.6 Å². The topological polar surface area (TPSA) is 0 Å². The molecule has 0 unspecified atom stereocenters. The molecule has 0 amide bonds. The maximum atomic E-state index is 3.35. The number of rotatable bonds is 8. The smallest absolute Gasteiger partial charge is 0.0146 e. The number of hydrogen-bond acceptors (Lipinski definition) is 0. The van der Waals surface area contributed by atoms with Crippen molar-refractivity contribution in [3.8, 4) is 0 Å². The lowest BCUT2D eigenvalue weighted by Crippen LogP contribution is -2.11. The molecule has 1 aromatic carbocycles. The van der Waals surface area contributed by atoms with Crippen molar-refractivity contribution in [2.45, 2.75) is 71.1 Å². The summed E-state index contributed by atoms with van der Waals surface area (Å²) >= 11 is 0. The van der Waals surface area contributed by atoms with E-state index < -0.39 is 0 Å². The van der Waals surface area contributed by atoms with Gasteiger partial charge in [0, 0.05) is 0 Å². The second kappa shape index (κ2) is 6.83. The van der Waals surface area contributed by atoms with E-state index in [0.29, 0.717) is 0 Å². The van der Waals surface area contributed by atoms with Gasteiger partial charge >= 0.3 is 0 Å². The lowest BCUT2D eigenvalue weighted by atomic mass is 9.83. The largest absolute Gasteiger partial charge is 0.0654 e. The summed E-state index contributed by atoms with van der Waals surface area (Å²) in [7, 11) is 0. The molecule has 0 saturated heterocycles. The zero-order chi connectivity index (χ0) is 11.9. The van der Waals surface area contributed by atoms with Gasteiger partial charge < -0.3 is 0 Å². The van der Waals surface area contributed by atoms with Crippen molar-refractivity contribution < 1.29 is 0 Å². The first-order chi connectivity index (χ1) is 8.42. The van der Waals surface area contributed by atoms with Crippen LogP contribution < -0.4 is 0 Å². The molecule has 0 spiro atoms. The highest BCUT2D eigenvalue weighted by Crippen LogP contribution is 2.27.